The maximum Gasteiger partial charge on any atom is 0.313 e. The quantitative estimate of drug-likeness (QED) is 0.721. The van der Waals surface area contributed by atoms with E-state index in [1.165, 1.54) is 6.07 Å². The number of ether oxygens (including phenoxy) is 1. The van der Waals surface area contributed by atoms with Crippen molar-refractivity contribution in [2.45, 2.75) is 39.2 Å². The van der Waals surface area contributed by atoms with Crippen LogP contribution in [0.2, 0.25) is 0 Å². The molecule has 0 radical (unpaired) electrons. The Morgan fingerprint density at radius 2 is 1.88 bits per heavy atom. The van der Waals surface area contributed by atoms with Gasteiger partial charge in [-0.15, -0.1) is 0 Å². The summed E-state index contributed by atoms with van der Waals surface area (Å²) in [4.78, 5) is 11.7. The lowest BCUT2D eigenvalue weighted by Gasteiger charge is -2.22. The fourth-order valence-electron chi connectivity index (χ4n) is 1.34. The number of benzene rings is 1. The van der Waals surface area contributed by atoms with Crippen molar-refractivity contribution in [1.82, 2.24) is 0 Å². The van der Waals surface area contributed by atoms with Gasteiger partial charge in [-0.1, -0.05) is 18.2 Å². The first kappa shape index (κ1) is 12.7. The molecule has 2 nitrogen and oxygen atoms in total. The van der Waals surface area contributed by atoms with Crippen molar-refractivity contribution >= 4 is 5.97 Å². The van der Waals surface area contributed by atoms with E-state index in [1.807, 2.05) is 0 Å². The Morgan fingerprint density at radius 3 is 2.38 bits per heavy atom. The lowest BCUT2D eigenvalue weighted by molar-refractivity contribution is -0.156. The fraction of sp³-hybridized carbons (Fsp3) is 0.462. The van der Waals surface area contributed by atoms with Gasteiger partial charge in [0, 0.05) is 5.56 Å². The minimum absolute atomic E-state index is 0.372. The van der Waals surface area contributed by atoms with Crippen LogP contribution in [0.15, 0.2) is 24.3 Å². The predicted octanol–water partition coefficient (Wildman–Crippen LogP) is 3.27. The largest absolute Gasteiger partial charge is 0.460 e. The van der Waals surface area contributed by atoms with Crippen LogP contribution in [0.4, 0.5) is 4.39 Å². The average molecular weight is 224 g/mol. The molecule has 0 spiro atoms. The summed E-state index contributed by atoms with van der Waals surface area (Å²) >= 11 is 0. The first-order valence-corrected chi connectivity index (χ1v) is 5.28. The van der Waals surface area contributed by atoms with Gasteiger partial charge in [0.1, 0.15) is 11.4 Å². The maximum absolute atomic E-state index is 13.4. The molecule has 0 N–H and O–H groups in total. The van der Waals surface area contributed by atoms with Gasteiger partial charge in [-0.25, -0.2) is 4.39 Å². The molecule has 0 aliphatic rings. The van der Waals surface area contributed by atoms with Crippen molar-refractivity contribution in [1.29, 1.82) is 0 Å². The molecule has 0 heterocycles. The summed E-state index contributed by atoms with van der Waals surface area (Å²) < 4.78 is 18.6. The van der Waals surface area contributed by atoms with Gasteiger partial charge in [-0.2, -0.15) is 0 Å². The Bertz CT molecular complexity index is 380. The molecular formula is C13H17FO2. The highest BCUT2D eigenvalue weighted by Gasteiger charge is 2.24. The molecule has 1 aromatic carbocycles. The Hall–Kier alpha value is -1.38. The van der Waals surface area contributed by atoms with Gasteiger partial charge in [0.15, 0.2) is 0 Å². The standard InChI is InChI=1S/C13H17FO2/c1-9(12(15)16-13(2,3)4)10-7-5-6-8-11(10)14/h5-9H,1-4H3. The highest BCUT2D eigenvalue weighted by molar-refractivity contribution is 5.78. The van der Waals surface area contributed by atoms with Gasteiger partial charge in [0.2, 0.25) is 0 Å². The van der Waals surface area contributed by atoms with Gasteiger partial charge in [-0.3, -0.25) is 4.79 Å². The zero-order valence-electron chi connectivity index (χ0n) is 10.1. The topological polar surface area (TPSA) is 26.3 Å². The lowest BCUT2D eigenvalue weighted by Crippen LogP contribution is -2.27. The number of carbonyl (C=O) groups excluding carboxylic acids is 1. The molecular weight excluding hydrogens is 207 g/mol. The molecule has 0 saturated heterocycles. The summed E-state index contributed by atoms with van der Waals surface area (Å²) in [6.45, 7) is 7.02. The lowest BCUT2D eigenvalue weighted by atomic mass is 10.0. The Labute approximate surface area is 95.4 Å². The second kappa shape index (κ2) is 4.64. The Balaban J connectivity index is 2.83. The number of hydrogen-bond donors (Lipinski definition) is 0. The van der Waals surface area contributed by atoms with Crippen LogP contribution in [-0.4, -0.2) is 11.6 Å². The van der Waals surface area contributed by atoms with Crippen LogP contribution < -0.4 is 0 Å². The van der Waals surface area contributed by atoms with Gasteiger partial charge < -0.3 is 4.74 Å². The first-order valence-electron chi connectivity index (χ1n) is 5.28. The number of hydrogen-bond acceptors (Lipinski definition) is 2. The normalized spacial score (nSPS) is 13.3. The van der Waals surface area contributed by atoms with Crippen molar-refractivity contribution in [2.75, 3.05) is 0 Å². The van der Waals surface area contributed by atoms with Gasteiger partial charge in [0.25, 0.3) is 0 Å². The average Bonchev–Trinajstić information content (AvgIpc) is 2.15. The van der Waals surface area contributed by atoms with E-state index in [0.29, 0.717) is 5.56 Å². The SMILES string of the molecule is CC(C(=O)OC(C)(C)C)c1ccccc1F. The molecule has 0 saturated carbocycles. The molecule has 0 amide bonds. The van der Waals surface area contributed by atoms with E-state index in [0.717, 1.165) is 0 Å². The molecule has 0 fully saturated rings. The second-order valence-corrected chi connectivity index (χ2v) is 4.78. The zero-order valence-corrected chi connectivity index (χ0v) is 10.1. The molecule has 88 valence electrons. The molecule has 1 rings (SSSR count). The van der Waals surface area contributed by atoms with Crippen molar-refractivity contribution in [3.05, 3.63) is 35.6 Å². The van der Waals surface area contributed by atoms with Crippen molar-refractivity contribution in [3.63, 3.8) is 0 Å². The van der Waals surface area contributed by atoms with Crippen LogP contribution in [0.3, 0.4) is 0 Å². The number of rotatable bonds is 2. The third kappa shape index (κ3) is 3.33. The highest BCUT2D eigenvalue weighted by atomic mass is 19.1. The number of halogens is 1. The van der Waals surface area contributed by atoms with Crippen molar-refractivity contribution < 1.29 is 13.9 Å². The molecule has 3 heteroatoms. The van der Waals surface area contributed by atoms with Crippen LogP contribution in [-0.2, 0) is 9.53 Å². The number of carbonyl (C=O) groups is 1. The van der Waals surface area contributed by atoms with Crippen LogP contribution in [0.25, 0.3) is 0 Å². The summed E-state index contributed by atoms with van der Waals surface area (Å²) in [5.41, 5.74) is -0.173. The van der Waals surface area contributed by atoms with E-state index in [2.05, 4.69) is 0 Å². The zero-order chi connectivity index (χ0) is 12.3. The summed E-state index contributed by atoms with van der Waals surface area (Å²) in [6, 6.07) is 6.25. The predicted molar refractivity (Wildman–Crippen MR) is 60.7 cm³/mol. The molecule has 16 heavy (non-hydrogen) atoms. The minimum atomic E-state index is -0.583. The van der Waals surface area contributed by atoms with Gasteiger partial charge in [-0.05, 0) is 33.8 Å². The van der Waals surface area contributed by atoms with Crippen molar-refractivity contribution in [3.8, 4) is 0 Å². The number of esters is 1. The van der Waals surface area contributed by atoms with Crippen LogP contribution in [0.1, 0.15) is 39.2 Å². The molecule has 0 aromatic heterocycles. The monoisotopic (exact) mass is 224 g/mol. The van der Waals surface area contributed by atoms with E-state index < -0.39 is 17.5 Å². The molecule has 1 unspecified atom stereocenters. The summed E-state index contributed by atoms with van der Waals surface area (Å²) in [5.74, 6) is -1.36. The summed E-state index contributed by atoms with van der Waals surface area (Å²) in [7, 11) is 0. The van der Waals surface area contributed by atoms with Crippen LogP contribution >= 0.6 is 0 Å². The van der Waals surface area contributed by atoms with E-state index in [-0.39, 0.29) is 5.82 Å². The second-order valence-electron chi connectivity index (χ2n) is 4.78. The summed E-state index contributed by atoms with van der Waals surface area (Å²) in [6.07, 6.45) is 0. The van der Waals surface area contributed by atoms with E-state index >= 15 is 0 Å². The third-order valence-corrected chi connectivity index (χ3v) is 2.13. The molecule has 1 atom stereocenters. The molecule has 0 aliphatic heterocycles. The van der Waals surface area contributed by atoms with E-state index in [9.17, 15) is 9.18 Å². The summed E-state index contributed by atoms with van der Waals surface area (Å²) in [5, 5.41) is 0. The van der Waals surface area contributed by atoms with Crippen LogP contribution in [0, 0.1) is 5.82 Å². The van der Waals surface area contributed by atoms with Crippen molar-refractivity contribution in [2.24, 2.45) is 0 Å². The van der Waals surface area contributed by atoms with E-state index in [4.69, 9.17) is 4.74 Å². The first-order chi connectivity index (χ1) is 7.31. The molecule has 0 aliphatic carbocycles. The third-order valence-electron chi connectivity index (χ3n) is 2.13. The maximum atomic E-state index is 13.4. The molecule has 1 aromatic rings. The Morgan fingerprint density at radius 1 is 1.31 bits per heavy atom. The van der Waals surface area contributed by atoms with Gasteiger partial charge in [0.05, 0.1) is 5.92 Å². The molecule has 0 bridgehead atoms. The van der Waals surface area contributed by atoms with Gasteiger partial charge >= 0.3 is 5.97 Å². The minimum Gasteiger partial charge on any atom is -0.460 e. The van der Waals surface area contributed by atoms with E-state index in [1.54, 1.807) is 45.9 Å². The Kier molecular flexibility index (Phi) is 3.68. The smallest absolute Gasteiger partial charge is 0.313 e. The van der Waals surface area contributed by atoms with Crippen LogP contribution in [0.5, 0.6) is 0 Å². The highest BCUT2D eigenvalue weighted by Crippen LogP contribution is 2.22. The fourth-order valence-corrected chi connectivity index (χ4v) is 1.34.